The minimum absolute atomic E-state index is 0. The molecule has 0 atom stereocenters. The van der Waals surface area contributed by atoms with Crippen LogP contribution < -0.4 is 29.6 Å². The summed E-state index contributed by atoms with van der Waals surface area (Å²) in [7, 11) is -3.68. The van der Waals surface area contributed by atoms with Crippen molar-refractivity contribution < 1.29 is 49.3 Å². The van der Waals surface area contributed by atoms with Crippen molar-refractivity contribution in [1.29, 1.82) is 0 Å². The fourth-order valence-corrected chi connectivity index (χ4v) is 2.03. The quantitative estimate of drug-likeness (QED) is 0.616. The van der Waals surface area contributed by atoms with E-state index >= 15 is 0 Å². The van der Waals surface area contributed by atoms with Crippen molar-refractivity contribution in [3.8, 4) is 0 Å². The predicted octanol–water partition coefficient (Wildman–Crippen LogP) is -2.03. The van der Waals surface area contributed by atoms with Gasteiger partial charge in [0, 0.05) is 0 Å². The van der Waals surface area contributed by atoms with E-state index in [1.54, 1.807) is 12.1 Å². The van der Waals surface area contributed by atoms with E-state index in [-0.39, 0.29) is 35.9 Å². The molecule has 1 N–H and O–H groups in total. The number of carbonyl (C=O) groups is 1. The molecule has 1 aromatic carbocycles. The smallest absolute Gasteiger partial charge is 1.00 e. The summed E-state index contributed by atoms with van der Waals surface area (Å²) in [5.74, 6) is -2.21. The van der Waals surface area contributed by atoms with Crippen LogP contribution >= 0.6 is 0 Å². The van der Waals surface area contributed by atoms with E-state index in [2.05, 4.69) is 0 Å². The molecule has 0 aliphatic heterocycles. The Labute approximate surface area is 112 Å². The van der Waals surface area contributed by atoms with Gasteiger partial charge in [0.15, 0.2) is 15.6 Å². The maximum absolute atomic E-state index is 11.4. The molecule has 4 nitrogen and oxygen atoms in total. The van der Waals surface area contributed by atoms with Crippen LogP contribution in [0.5, 0.6) is 0 Å². The van der Waals surface area contributed by atoms with Crippen LogP contribution in [0.3, 0.4) is 0 Å². The molecule has 0 saturated carbocycles. The number of hydrogen-bond donors (Lipinski definition) is 1. The van der Waals surface area contributed by atoms with E-state index < -0.39 is 21.6 Å². The summed E-state index contributed by atoms with van der Waals surface area (Å²) < 4.78 is 22.7. The molecule has 0 bridgehead atoms. The number of aryl methyl sites for hydroxylation is 1. The summed E-state index contributed by atoms with van der Waals surface area (Å²) in [5, 5.41) is 8.39. The first-order valence-electron chi connectivity index (χ1n) is 3.93. The van der Waals surface area contributed by atoms with Crippen molar-refractivity contribution in [3.05, 3.63) is 29.8 Å². The first-order chi connectivity index (χ1) is 6.42. The van der Waals surface area contributed by atoms with E-state index in [1.807, 2.05) is 6.92 Å². The van der Waals surface area contributed by atoms with E-state index in [4.69, 9.17) is 5.11 Å². The van der Waals surface area contributed by atoms with Crippen molar-refractivity contribution >= 4 is 15.8 Å². The Bertz CT molecular complexity index is 441. The molecule has 0 spiro atoms. The van der Waals surface area contributed by atoms with Gasteiger partial charge in [-0.05, 0) is 19.1 Å². The maximum atomic E-state index is 11.4. The van der Waals surface area contributed by atoms with Crippen molar-refractivity contribution in [2.24, 2.45) is 0 Å². The second-order valence-electron chi connectivity index (χ2n) is 2.97. The number of carboxylic acid groups (broad SMARTS) is 1. The average molecular weight is 238 g/mol. The molecule has 0 aliphatic rings. The summed E-state index contributed by atoms with van der Waals surface area (Å²) in [6.45, 7) is 1.83. The third-order valence-electron chi connectivity index (χ3n) is 1.69. The third kappa shape index (κ3) is 4.34. The molecule has 0 saturated heterocycles. The molecule has 0 aromatic heterocycles. The Balaban J connectivity index is 0. The molecule has 0 unspecified atom stereocenters. The van der Waals surface area contributed by atoms with Crippen LogP contribution in [0.1, 0.15) is 6.99 Å². The topological polar surface area (TPSA) is 71.4 Å². The van der Waals surface area contributed by atoms with Gasteiger partial charge in [-0.3, -0.25) is 4.79 Å². The zero-order chi connectivity index (χ0) is 10.8. The number of aliphatic carboxylic acids is 1. The predicted molar refractivity (Wildman–Crippen MR) is 52.0 cm³/mol. The number of hydrogen-bond acceptors (Lipinski definition) is 3. The summed E-state index contributed by atoms with van der Waals surface area (Å²) in [4.78, 5) is 10.3. The van der Waals surface area contributed by atoms with Gasteiger partial charge in [0.05, 0.1) is 4.90 Å². The zero-order valence-corrected chi connectivity index (χ0v) is 11.4. The third-order valence-corrected chi connectivity index (χ3v) is 3.31. The van der Waals surface area contributed by atoms with E-state index in [0.717, 1.165) is 5.56 Å². The van der Waals surface area contributed by atoms with Crippen molar-refractivity contribution in [2.45, 2.75) is 11.8 Å². The van der Waals surface area contributed by atoms with Crippen molar-refractivity contribution in [2.75, 3.05) is 5.75 Å². The summed E-state index contributed by atoms with van der Waals surface area (Å²) >= 11 is 0. The summed E-state index contributed by atoms with van der Waals surface area (Å²) in [6, 6.07) is 6.09. The molecular weight excluding hydrogens is 227 g/mol. The molecular formula is C9H11NaO4S. The summed E-state index contributed by atoms with van der Waals surface area (Å²) in [5.41, 5.74) is 0.930. The second-order valence-corrected chi connectivity index (χ2v) is 4.96. The minimum Gasteiger partial charge on any atom is -1.00 e. The van der Waals surface area contributed by atoms with Gasteiger partial charge in [0.1, 0.15) is 0 Å². The second kappa shape index (κ2) is 5.65. The number of rotatable bonds is 3. The van der Waals surface area contributed by atoms with Crippen LogP contribution in [0, 0.1) is 6.92 Å². The van der Waals surface area contributed by atoms with Crippen LogP contribution in [-0.4, -0.2) is 25.2 Å². The van der Waals surface area contributed by atoms with Gasteiger partial charge in [0.2, 0.25) is 0 Å². The van der Waals surface area contributed by atoms with Crippen LogP contribution in [0.4, 0.5) is 0 Å². The maximum Gasteiger partial charge on any atom is 1.00 e. The molecule has 0 radical (unpaired) electrons. The van der Waals surface area contributed by atoms with Gasteiger partial charge < -0.3 is 6.53 Å². The van der Waals surface area contributed by atoms with Crippen LogP contribution in [0.15, 0.2) is 29.2 Å². The number of benzene rings is 1. The number of carboxylic acids is 1. The van der Waals surface area contributed by atoms with Gasteiger partial charge in [-0.1, -0.05) is 17.7 Å². The minimum atomic E-state index is -3.68. The Morgan fingerprint density at radius 2 is 1.80 bits per heavy atom. The van der Waals surface area contributed by atoms with Crippen LogP contribution in [0.2, 0.25) is 0 Å². The Hall–Kier alpha value is -0.360. The van der Waals surface area contributed by atoms with E-state index in [1.165, 1.54) is 12.1 Å². The SMILES string of the molecule is Cc1ccc(S(=O)(=O)CC(=O)O)cc1.[H-].[Na+]. The zero-order valence-electron chi connectivity index (χ0n) is 9.60. The van der Waals surface area contributed by atoms with Crippen molar-refractivity contribution in [3.63, 3.8) is 0 Å². The largest absolute Gasteiger partial charge is 1.00 e. The first-order valence-corrected chi connectivity index (χ1v) is 5.58. The molecule has 1 rings (SSSR count). The monoisotopic (exact) mass is 238 g/mol. The summed E-state index contributed by atoms with van der Waals surface area (Å²) in [6.07, 6.45) is 0. The van der Waals surface area contributed by atoms with E-state index in [0.29, 0.717) is 0 Å². The van der Waals surface area contributed by atoms with Gasteiger partial charge in [-0.2, -0.15) is 0 Å². The van der Waals surface area contributed by atoms with Gasteiger partial charge in [-0.15, -0.1) is 0 Å². The van der Waals surface area contributed by atoms with Gasteiger partial charge >= 0.3 is 35.5 Å². The Morgan fingerprint density at radius 1 is 1.33 bits per heavy atom. The molecule has 1 aromatic rings. The Kier molecular flexibility index (Phi) is 5.51. The molecule has 15 heavy (non-hydrogen) atoms. The van der Waals surface area contributed by atoms with Crippen molar-refractivity contribution in [1.82, 2.24) is 0 Å². The fourth-order valence-electron chi connectivity index (χ4n) is 0.991. The standard InChI is InChI=1S/C9H10O4S.Na.H/c1-7-2-4-8(5-3-7)14(12,13)6-9(10)11;;/h2-5H,6H2,1H3,(H,10,11);;/q;+1;-1. The molecule has 0 aliphatic carbocycles. The van der Waals surface area contributed by atoms with Crippen LogP contribution in [0.25, 0.3) is 0 Å². The average Bonchev–Trinajstić information content (AvgIpc) is 2.02. The normalized spacial score (nSPS) is 10.5. The number of sulfone groups is 1. The molecule has 0 fully saturated rings. The fraction of sp³-hybridized carbons (Fsp3) is 0.222. The van der Waals surface area contributed by atoms with E-state index in [9.17, 15) is 13.2 Å². The molecule has 0 heterocycles. The molecule has 6 heteroatoms. The van der Waals surface area contributed by atoms with Crippen LogP contribution in [-0.2, 0) is 14.6 Å². The molecule has 0 amide bonds. The van der Waals surface area contributed by atoms with Gasteiger partial charge in [-0.25, -0.2) is 8.42 Å². The van der Waals surface area contributed by atoms with Gasteiger partial charge in [0.25, 0.3) is 0 Å². The first kappa shape index (κ1) is 14.6. The Morgan fingerprint density at radius 3 is 2.20 bits per heavy atom. The molecule has 78 valence electrons.